The van der Waals surface area contributed by atoms with Crippen molar-refractivity contribution < 1.29 is 14.0 Å². The summed E-state index contributed by atoms with van der Waals surface area (Å²) in [5, 5.41) is 3.04. The molecule has 4 rings (SSSR count). The highest BCUT2D eigenvalue weighted by molar-refractivity contribution is 6.02. The first-order valence-corrected chi connectivity index (χ1v) is 11.0. The van der Waals surface area contributed by atoms with Crippen molar-refractivity contribution in [1.29, 1.82) is 0 Å². The summed E-state index contributed by atoms with van der Waals surface area (Å²) in [4.78, 5) is 29.0. The van der Waals surface area contributed by atoms with Gasteiger partial charge in [0, 0.05) is 18.7 Å². The molecule has 2 amide bonds. The van der Waals surface area contributed by atoms with Crippen LogP contribution in [0.4, 0.5) is 4.39 Å². The molecule has 1 atom stereocenters. The first kappa shape index (κ1) is 20.6. The summed E-state index contributed by atoms with van der Waals surface area (Å²) in [5.74, 6) is -0.745. The number of carbonyl (C=O) groups is 2. The van der Waals surface area contributed by atoms with Crippen LogP contribution in [-0.4, -0.2) is 28.8 Å². The van der Waals surface area contributed by atoms with E-state index in [1.54, 1.807) is 12.1 Å². The topological polar surface area (TPSA) is 49.4 Å². The zero-order valence-corrected chi connectivity index (χ0v) is 17.5. The number of rotatable bonds is 6. The summed E-state index contributed by atoms with van der Waals surface area (Å²) in [6.45, 7) is 3.07. The lowest BCUT2D eigenvalue weighted by molar-refractivity contribution is -0.126. The Balaban J connectivity index is 1.70. The molecule has 1 aliphatic heterocycles. The number of hydrogen-bond donors (Lipinski definition) is 1. The van der Waals surface area contributed by atoms with E-state index in [1.807, 2.05) is 29.2 Å². The number of unbranched alkanes of at least 4 members (excludes halogenated alkanes) is 1. The van der Waals surface area contributed by atoms with Gasteiger partial charge in [0.05, 0.1) is 11.5 Å². The van der Waals surface area contributed by atoms with Gasteiger partial charge in [0.1, 0.15) is 5.82 Å². The molecule has 2 aromatic carbocycles. The van der Waals surface area contributed by atoms with Crippen LogP contribution in [0.3, 0.4) is 0 Å². The minimum absolute atomic E-state index is 0.0510. The third-order valence-electron chi connectivity index (χ3n) is 6.64. The van der Waals surface area contributed by atoms with Gasteiger partial charge in [-0.1, -0.05) is 56.5 Å². The molecule has 158 valence electrons. The first-order valence-electron chi connectivity index (χ1n) is 11.0. The normalized spacial score (nSPS) is 19.7. The largest absolute Gasteiger partial charge is 0.351 e. The molecule has 1 N–H and O–H groups in total. The average Bonchev–Trinajstić information content (AvgIpc) is 3.22. The van der Waals surface area contributed by atoms with Crippen LogP contribution in [0.25, 0.3) is 0 Å². The van der Waals surface area contributed by atoms with Crippen molar-refractivity contribution in [1.82, 2.24) is 10.2 Å². The zero-order valence-electron chi connectivity index (χ0n) is 17.5. The fourth-order valence-electron chi connectivity index (χ4n) is 5.25. The Labute approximate surface area is 177 Å². The Kier molecular flexibility index (Phi) is 5.89. The molecule has 1 spiro atoms. The molecule has 30 heavy (non-hydrogen) atoms. The van der Waals surface area contributed by atoms with Crippen molar-refractivity contribution in [3.8, 4) is 0 Å². The molecule has 5 heteroatoms. The average molecular weight is 409 g/mol. The van der Waals surface area contributed by atoms with Gasteiger partial charge >= 0.3 is 0 Å². The van der Waals surface area contributed by atoms with Crippen LogP contribution >= 0.6 is 0 Å². The van der Waals surface area contributed by atoms with E-state index < -0.39 is 11.5 Å². The Morgan fingerprint density at radius 2 is 1.93 bits per heavy atom. The van der Waals surface area contributed by atoms with Gasteiger partial charge in [-0.05, 0) is 48.6 Å². The van der Waals surface area contributed by atoms with Crippen LogP contribution in [-0.2, 0) is 11.3 Å². The minimum atomic E-state index is -0.466. The number of carbonyl (C=O) groups excluding carboxylic acids is 2. The van der Waals surface area contributed by atoms with Gasteiger partial charge in [0.15, 0.2) is 0 Å². The number of halogens is 1. The second kappa shape index (κ2) is 8.58. The molecule has 0 unspecified atom stereocenters. The van der Waals surface area contributed by atoms with Gasteiger partial charge in [0.25, 0.3) is 5.91 Å². The van der Waals surface area contributed by atoms with Gasteiger partial charge in [-0.15, -0.1) is 0 Å². The lowest BCUT2D eigenvalue weighted by Gasteiger charge is -2.50. The Morgan fingerprint density at radius 3 is 2.67 bits per heavy atom. The Morgan fingerprint density at radius 1 is 1.17 bits per heavy atom. The van der Waals surface area contributed by atoms with Crippen molar-refractivity contribution in [2.45, 2.75) is 63.5 Å². The number of hydrogen-bond acceptors (Lipinski definition) is 2. The van der Waals surface area contributed by atoms with Crippen molar-refractivity contribution in [2.75, 3.05) is 6.54 Å². The highest BCUT2D eigenvalue weighted by Crippen LogP contribution is 2.50. The minimum Gasteiger partial charge on any atom is -0.351 e. The molecular weight excluding hydrogens is 379 g/mol. The number of fused-ring (bicyclic) bond motifs is 1. The van der Waals surface area contributed by atoms with Gasteiger partial charge < -0.3 is 10.2 Å². The van der Waals surface area contributed by atoms with Gasteiger partial charge in [0.2, 0.25) is 5.91 Å². The van der Waals surface area contributed by atoms with Crippen molar-refractivity contribution in [2.24, 2.45) is 0 Å². The fourth-order valence-corrected chi connectivity index (χ4v) is 5.25. The second-order valence-corrected chi connectivity index (χ2v) is 8.49. The lowest BCUT2D eigenvalue weighted by atomic mass is 9.71. The number of amides is 2. The smallest absolute Gasteiger partial charge is 0.254 e. The maximum atomic E-state index is 13.6. The van der Waals surface area contributed by atoms with Gasteiger partial charge in [-0.3, -0.25) is 9.59 Å². The molecule has 1 heterocycles. The standard InChI is InChI=1S/C25H29FN2O2/c1-2-3-15-28-24(30)21-12-5-4-11-20(21)22(25(28)13-6-7-14-25)23(29)27-17-18-9-8-10-19(26)16-18/h4-5,8-12,16,22H,2-3,6-7,13-15,17H2,1H3,(H,27,29)/t22-/m0/s1. The van der Waals surface area contributed by atoms with E-state index in [2.05, 4.69) is 12.2 Å². The van der Waals surface area contributed by atoms with Crippen LogP contribution in [0.2, 0.25) is 0 Å². The maximum absolute atomic E-state index is 13.6. The van der Waals surface area contributed by atoms with Gasteiger partial charge in [-0.25, -0.2) is 4.39 Å². The van der Waals surface area contributed by atoms with Crippen molar-refractivity contribution in [3.05, 3.63) is 71.0 Å². The number of nitrogens with one attached hydrogen (secondary N) is 1. The van der Waals surface area contributed by atoms with E-state index in [4.69, 9.17) is 0 Å². The molecule has 1 fully saturated rings. The maximum Gasteiger partial charge on any atom is 0.254 e. The zero-order chi connectivity index (χ0) is 21.1. The van der Waals surface area contributed by atoms with E-state index in [0.717, 1.165) is 49.7 Å². The predicted molar refractivity (Wildman–Crippen MR) is 115 cm³/mol. The predicted octanol–water partition coefficient (Wildman–Crippen LogP) is 4.79. The SMILES string of the molecule is CCCCN1C(=O)c2ccccc2[C@@H](C(=O)NCc2cccc(F)c2)C12CCCC2. The molecule has 1 aliphatic carbocycles. The van der Waals surface area contributed by atoms with E-state index in [0.29, 0.717) is 12.1 Å². The molecule has 2 aliphatic rings. The van der Waals surface area contributed by atoms with Crippen molar-refractivity contribution >= 4 is 11.8 Å². The van der Waals surface area contributed by atoms with Crippen molar-refractivity contribution in [3.63, 3.8) is 0 Å². The summed E-state index contributed by atoms with van der Waals surface area (Å²) in [6.07, 6.45) is 5.65. The summed E-state index contributed by atoms with van der Waals surface area (Å²) in [7, 11) is 0. The summed E-state index contributed by atoms with van der Waals surface area (Å²) < 4.78 is 13.5. The number of nitrogens with zero attached hydrogens (tertiary/aromatic N) is 1. The lowest BCUT2D eigenvalue weighted by Crippen LogP contribution is -2.60. The van der Waals surface area contributed by atoms with Crippen LogP contribution in [0.1, 0.15) is 72.9 Å². The monoisotopic (exact) mass is 408 g/mol. The fraction of sp³-hybridized carbons (Fsp3) is 0.440. The van der Waals surface area contributed by atoms with E-state index in [9.17, 15) is 14.0 Å². The van der Waals surface area contributed by atoms with Crippen LogP contribution in [0, 0.1) is 5.82 Å². The Hall–Kier alpha value is -2.69. The number of benzene rings is 2. The molecule has 0 bridgehead atoms. The molecule has 2 aromatic rings. The molecule has 0 aromatic heterocycles. The van der Waals surface area contributed by atoms with Crippen LogP contribution < -0.4 is 5.32 Å². The molecule has 4 nitrogen and oxygen atoms in total. The third-order valence-corrected chi connectivity index (χ3v) is 6.64. The molecule has 1 saturated carbocycles. The molecule has 0 radical (unpaired) electrons. The Bertz CT molecular complexity index is 936. The summed E-state index contributed by atoms with van der Waals surface area (Å²) in [6, 6.07) is 13.8. The summed E-state index contributed by atoms with van der Waals surface area (Å²) in [5.41, 5.74) is 1.73. The van der Waals surface area contributed by atoms with Crippen LogP contribution in [0.15, 0.2) is 48.5 Å². The highest BCUT2D eigenvalue weighted by Gasteiger charge is 2.55. The van der Waals surface area contributed by atoms with Gasteiger partial charge in [-0.2, -0.15) is 0 Å². The molecular formula is C25H29FN2O2. The van der Waals surface area contributed by atoms with E-state index in [1.165, 1.54) is 12.1 Å². The van der Waals surface area contributed by atoms with E-state index >= 15 is 0 Å². The van der Waals surface area contributed by atoms with Crippen LogP contribution in [0.5, 0.6) is 0 Å². The van der Waals surface area contributed by atoms with E-state index in [-0.39, 0.29) is 24.2 Å². The quantitative estimate of drug-likeness (QED) is 0.747. The third kappa shape index (κ3) is 3.62. The highest BCUT2D eigenvalue weighted by atomic mass is 19.1. The second-order valence-electron chi connectivity index (χ2n) is 8.49. The molecule has 0 saturated heterocycles. The summed E-state index contributed by atoms with van der Waals surface area (Å²) >= 11 is 0. The first-order chi connectivity index (χ1) is 14.6.